The molecular formula is C14H12N2O3. The number of nitro groups is 1. The number of carbonyl (C=O) groups is 1. The Hall–Kier alpha value is -2.69. The fraction of sp³-hybridized carbons (Fsp3) is 0.0714. The van der Waals surface area contributed by atoms with E-state index < -0.39 is 4.92 Å². The van der Waals surface area contributed by atoms with E-state index in [4.69, 9.17) is 0 Å². The van der Waals surface area contributed by atoms with Crippen molar-refractivity contribution < 1.29 is 9.72 Å². The van der Waals surface area contributed by atoms with Crippen molar-refractivity contribution in [2.24, 2.45) is 0 Å². The van der Waals surface area contributed by atoms with Crippen molar-refractivity contribution >= 4 is 22.8 Å². The monoisotopic (exact) mass is 256 g/mol. The van der Waals surface area contributed by atoms with Gasteiger partial charge in [0.2, 0.25) is 0 Å². The summed E-state index contributed by atoms with van der Waals surface area (Å²) in [6.07, 6.45) is 1.53. The zero-order valence-electron chi connectivity index (χ0n) is 10.1. The molecule has 1 N–H and O–H groups in total. The molecule has 2 aromatic carbocycles. The summed E-state index contributed by atoms with van der Waals surface area (Å²) in [5.41, 5.74) is 1.00. The highest BCUT2D eigenvalue weighted by atomic mass is 16.6. The molecule has 5 nitrogen and oxygen atoms in total. The van der Waals surface area contributed by atoms with Gasteiger partial charge in [0, 0.05) is 5.56 Å². The maximum Gasteiger partial charge on any atom is 0.258 e. The van der Waals surface area contributed by atoms with Crippen LogP contribution in [0.4, 0.5) is 0 Å². The molecule has 2 rings (SSSR count). The van der Waals surface area contributed by atoms with Crippen molar-refractivity contribution in [1.82, 2.24) is 5.32 Å². The molecule has 2 aromatic rings. The summed E-state index contributed by atoms with van der Waals surface area (Å²) in [6, 6.07) is 13.3. The summed E-state index contributed by atoms with van der Waals surface area (Å²) in [5, 5.41) is 15.4. The molecular weight excluding hydrogens is 244 g/mol. The van der Waals surface area contributed by atoms with Crippen LogP contribution in [0.25, 0.3) is 16.5 Å². The summed E-state index contributed by atoms with van der Waals surface area (Å²) in [7, 11) is 0. The molecule has 0 saturated heterocycles. The highest BCUT2D eigenvalue weighted by Crippen LogP contribution is 2.19. The van der Waals surface area contributed by atoms with E-state index in [9.17, 15) is 14.9 Å². The van der Waals surface area contributed by atoms with E-state index in [1.807, 2.05) is 36.4 Å². The number of hydrogen-bond donors (Lipinski definition) is 1. The molecule has 0 fully saturated rings. The van der Waals surface area contributed by atoms with Crippen LogP contribution in [-0.4, -0.2) is 17.8 Å². The maximum absolute atomic E-state index is 10.6. The molecule has 0 aliphatic rings. The molecule has 0 bridgehead atoms. The van der Waals surface area contributed by atoms with Crippen LogP contribution < -0.4 is 5.32 Å². The van der Waals surface area contributed by atoms with Crippen LogP contribution >= 0.6 is 0 Å². The van der Waals surface area contributed by atoms with Crippen molar-refractivity contribution in [2.75, 3.05) is 6.54 Å². The average Bonchev–Trinajstić information content (AvgIpc) is 2.42. The summed E-state index contributed by atoms with van der Waals surface area (Å²) in [6.45, 7) is 0.0342. The predicted octanol–water partition coefficient (Wildman–Crippen LogP) is 2.20. The smallest absolute Gasteiger partial charge is 0.258 e. The molecule has 0 heterocycles. The minimum absolute atomic E-state index is 0.0342. The van der Waals surface area contributed by atoms with Gasteiger partial charge in [-0.1, -0.05) is 36.4 Å². The number of aldehydes is 1. The van der Waals surface area contributed by atoms with Gasteiger partial charge in [-0.3, -0.25) is 10.1 Å². The highest BCUT2D eigenvalue weighted by molar-refractivity contribution is 5.86. The Labute approximate surface area is 109 Å². The van der Waals surface area contributed by atoms with Crippen LogP contribution in [0.15, 0.2) is 48.7 Å². The molecule has 96 valence electrons. The topological polar surface area (TPSA) is 72.2 Å². The van der Waals surface area contributed by atoms with Gasteiger partial charge >= 0.3 is 0 Å². The molecule has 5 heteroatoms. The van der Waals surface area contributed by atoms with Crippen LogP contribution in [0, 0.1) is 10.1 Å². The molecule has 0 spiro atoms. The quantitative estimate of drug-likeness (QED) is 0.505. The zero-order chi connectivity index (χ0) is 13.7. The molecule has 0 unspecified atom stereocenters. The van der Waals surface area contributed by atoms with Crippen LogP contribution in [-0.2, 0) is 4.79 Å². The van der Waals surface area contributed by atoms with Gasteiger partial charge in [-0.25, -0.2) is 0 Å². The lowest BCUT2D eigenvalue weighted by molar-refractivity contribution is -0.401. The number of rotatable bonds is 5. The van der Waals surface area contributed by atoms with Gasteiger partial charge in [-0.15, -0.1) is 0 Å². The predicted molar refractivity (Wildman–Crippen MR) is 73.0 cm³/mol. The van der Waals surface area contributed by atoms with Crippen LogP contribution in [0.2, 0.25) is 0 Å². The Balaban J connectivity index is 2.43. The molecule has 0 radical (unpaired) electrons. The van der Waals surface area contributed by atoms with E-state index in [1.54, 1.807) is 6.07 Å². The molecule has 0 amide bonds. The second-order valence-electron chi connectivity index (χ2n) is 3.94. The van der Waals surface area contributed by atoms with Crippen LogP contribution in [0.1, 0.15) is 5.56 Å². The largest absolute Gasteiger partial charge is 0.373 e. The maximum atomic E-state index is 10.6. The number of nitrogens with one attached hydrogen (secondary N) is 1. The second kappa shape index (κ2) is 5.77. The van der Waals surface area contributed by atoms with E-state index >= 15 is 0 Å². The minimum Gasteiger partial charge on any atom is -0.373 e. The van der Waals surface area contributed by atoms with Crippen molar-refractivity contribution in [2.45, 2.75) is 0 Å². The number of hydrogen-bond acceptors (Lipinski definition) is 4. The van der Waals surface area contributed by atoms with Gasteiger partial charge in [-0.05, 0) is 16.8 Å². The SMILES string of the molecule is O=CCNC(=C[N+](=O)[O-])c1ccc2ccccc2c1. The van der Waals surface area contributed by atoms with Crippen molar-refractivity contribution in [3.8, 4) is 0 Å². The summed E-state index contributed by atoms with van der Waals surface area (Å²) >= 11 is 0. The van der Waals surface area contributed by atoms with Crippen molar-refractivity contribution in [3.05, 3.63) is 64.3 Å². The molecule has 0 aromatic heterocycles. The Bertz CT molecular complexity index is 650. The third kappa shape index (κ3) is 3.16. The first-order valence-electron chi connectivity index (χ1n) is 5.72. The fourth-order valence-electron chi connectivity index (χ4n) is 1.84. The van der Waals surface area contributed by atoms with Gasteiger partial charge < -0.3 is 10.1 Å². The van der Waals surface area contributed by atoms with Gasteiger partial charge in [0.05, 0.1) is 11.5 Å². The number of benzene rings is 2. The lowest BCUT2D eigenvalue weighted by Crippen LogP contribution is -2.15. The zero-order valence-corrected chi connectivity index (χ0v) is 10.1. The molecule has 0 atom stereocenters. The first-order valence-corrected chi connectivity index (χ1v) is 5.72. The average molecular weight is 256 g/mol. The van der Waals surface area contributed by atoms with Gasteiger partial charge in [0.1, 0.15) is 12.0 Å². The number of nitrogens with zero attached hydrogens (tertiary/aromatic N) is 1. The van der Waals surface area contributed by atoms with E-state index in [0.717, 1.165) is 17.0 Å². The number of carbonyl (C=O) groups excluding carboxylic acids is 1. The third-order valence-corrected chi connectivity index (χ3v) is 2.67. The highest BCUT2D eigenvalue weighted by Gasteiger charge is 2.06. The first kappa shape index (κ1) is 12.8. The van der Waals surface area contributed by atoms with E-state index in [1.165, 1.54) is 0 Å². The third-order valence-electron chi connectivity index (χ3n) is 2.67. The summed E-state index contributed by atoms with van der Waals surface area (Å²) in [5.74, 6) is 0. The standard InChI is InChI=1S/C14H12N2O3/c17-8-7-15-14(10-16(18)19)13-6-5-11-3-1-2-4-12(11)9-13/h1-6,8-10,15H,7H2. The summed E-state index contributed by atoms with van der Waals surface area (Å²) < 4.78 is 0. The van der Waals surface area contributed by atoms with Crippen LogP contribution in [0.3, 0.4) is 0 Å². The normalized spacial score (nSPS) is 11.3. The van der Waals surface area contributed by atoms with Crippen LogP contribution in [0.5, 0.6) is 0 Å². The molecule has 0 aliphatic carbocycles. The van der Waals surface area contributed by atoms with Gasteiger partial charge in [-0.2, -0.15) is 0 Å². The first-order chi connectivity index (χ1) is 9.20. The molecule has 19 heavy (non-hydrogen) atoms. The van der Waals surface area contributed by atoms with Crippen molar-refractivity contribution in [1.29, 1.82) is 0 Å². The minimum atomic E-state index is -0.539. The number of fused-ring (bicyclic) bond motifs is 1. The van der Waals surface area contributed by atoms with E-state index in [-0.39, 0.29) is 6.54 Å². The Morgan fingerprint density at radius 3 is 2.63 bits per heavy atom. The second-order valence-corrected chi connectivity index (χ2v) is 3.94. The lowest BCUT2D eigenvalue weighted by Gasteiger charge is -2.07. The summed E-state index contributed by atoms with van der Waals surface area (Å²) in [4.78, 5) is 20.5. The van der Waals surface area contributed by atoms with Gasteiger partial charge in [0.25, 0.3) is 6.20 Å². The molecule has 0 aliphatic heterocycles. The van der Waals surface area contributed by atoms with E-state index in [2.05, 4.69) is 5.32 Å². The van der Waals surface area contributed by atoms with E-state index in [0.29, 0.717) is 17.5 Å². The Morgan fingerprint density at radius 2 is 1.95 bits per heavy atom. The van der Waals surface area contributed by atoms with Gasteiger partial charge in [0.15, 0.2) is 0 Å². The lowest BCUT2D eigenvalue weighted by atomic mass is 10.1. The van der Waals surface area contributed by atoms with Crippen molar-refractivity contribution in [3.63, 3.8) is 0 Å². The Kier molecular flexibility index (Phi) is 3.87. The fourth-order valence-corrected chi connectivity index (χ4v) is 1.84. The Morgan fingerprint density at radius 1 is 1.21 bits per heavy atom. The molecule has 0 saturated carbocycles.